The molecule has 0 atom stereocenters. The third kappa shape index (κ3) is 13.9. The lowest BCUT2D eigenvalue weighted by Gasteiger charge is -2.15. The first kappa shape index (κ1) is 28.0. The second kappa shape index (κ2) is 19.6. The molecule has 0 saturated carbocycles. The fraction of sp³-hybridized carbons (Fsp3) is 0.742. The highest BCUT2D eigenvalue weighted by Gasteiger charge is 2.08. The van der Waals surface area contributed by atoms with Gasteiger partial charge in [-0.05, 0) is 54.9 Å². The molecule has 0 bridgehead atoms. The fourth-order valence-corrected chi connectivity index (χ4v) is 4.76. The molecule has 1 aromatic carbocycles. The Balaban J connectivity index is 2.13. The third-order valence-electron chi connectivity index (χ3n) is 6.90. The van der Waals surface area contributed by atoms with Crippen LogP contribution in [0.15, 0.2) is 24.8 Å². The fourth-order valence-electron chi connectivity index (χ4n) is 4.76. The molecule has 0 unspecified atom stereocenters. The average Bonchev–Trinajstić information content (AvgIpc) is 2.77. The van der Waals surface area contributed by atoms with Crippen LogP contribution in [0.3, 0.4) is 0 Å². The number of allylic oxidation sites excluding steroid dienone is 1. The van der Waals surface area contributed by atoms with Crippen LogP contribution in [-0.2, 0) is 6.42 Å². The zero-order valence-corrected chi connectivity index (χ0v) is 21.6. The van der Waals surface area contributed by atoms with E-state index in [-0.39, 0.29) is 0 Å². The Morgan fingerprint density at radius 3 is 1.58 bits per heavy atom. The van der Waals surface area contributed by atoms with Gasteiger partial charge in [-0.25, -0.2) is 0 Å². The molecule has 0 heterocycles. The lowest BCUT2D eigenvalue weighted by atomic mass is 9.90. The van der Waals surface area contributed by atoms with E-state index in [0.29, 0.717) is 0 Å². The molecule has 1 aromatic rings. The predicted molar refractivity (Wildman–Crippen MR) is 143 cm³/mol. The van der Waals surface area contributed by atoms with E-state index in [9.17, 15) is 0 Å². The molecule has 0 aliphatic carbocycles. The maximum Gasteiger partial charge on any atom is -0.0196 e. The Morgan fingerprint density at radius 2 is 1.06 bits per heavy atom. The Labute approximate surface area is 196 Å². The molecule has 0 nitrogen and oxygen atoms in total. The minimum Gasteiger partial charge on any atom is -0.0952 e. The summed E-state index contributed by atoms with van der Waals surface area (Å²) in [6.45, 7) is 11.3. The van der Waals surface area contributed by atoms with Crippen molar-refractivity contribution in [3.05, 3.63) is 41.5 Å². The zero-order chi connectivity index (χ0) is 22.6. The zero-order valence-electron chi connectivity index (χ0n) is 21.6. The average molecular weight is 427 g/mol. The number of hydrogen-bond donors (Lipinski definition) is 0. The van der Waals surface area contributed by atoms with Crippen molar-refractivity contribution in [1.29, 1.82) is 0 Å². The van der Waals surface area contributed by atoms with E-state index in [1.807, 2.05) is 0 Å². The number of unbranched alkanes of at least 4 members (excludes halogenated alkanes) is 16. The maximum atomic E-state index is 4.44. The maximum absolute atomic E-state index is 4.44. The van der Waals surface area contributed by atoms with Crippen LogP contribution in [0, 0.1) is 6.92 Å². The normalized spacial score (nSPS) is 11.2. The first-order chi connectivity index (χ1) is 15.2. The summed E-state index contributed by atoms with van der Waals surface area (Å²) in [6.07, 6.45) is 27.7. The highest BCUT2D eigenvalue weighted by molar-refractivity contribution is 5.67. The Hall–Kier alpha value is -1.04. The molecule has 0 spiro atoms. The summed E-state index contributed by atoms with van der Waals surface area (Å²) in [7, 11) is 0. The largest absolute Gasteiger partial charge is 0.0952 e. The van der Waals surface area contributed by atoms with E-state index in [1.54, 1.807) is 5.56 Å². The SMILES string of the molecule is C=C(CCCCCC)c1cccc(C)c1CCCCCCCCCCCCCCCC. The van der Waals surface area contributed by atoms with Crippen molar-refractivity contribution in [1.82, 2.24) is 0 Å². The van der Waals surface area contributed by atoms with Gasteiger partial charge in [0.2, 0.25) is 0 Å². The van der Waals surface area contributed by atoms with Crippen molar-refractivity contribution < 1.29 is 0 Å². The molecule has 0 aliphatic rings. The Bertz CT molecular complexity index is 553. The molecule has 31 heavy (non-hydrogen) atoms. The summed E-state index contributed by atoms with van der Waals surface area (Å²) in [4.78, 5) is 0. The quantitative estimate of drug-likeness (QED) is 0.171. The summed E-state index contributed by atoms with van der Waals surface area (Å²) in [6, 6.07) is 6.82. The van der Waals surface area contributed by atoms with Gasteiger partial charge in [0, 0.05) is 0 Å². The van der Waals surface area contributed by atoms with Gasteiger partial charge in [0.05, 0.1) is 0 Å². The van der Waals surface area contributed by atoms with Crippen molar-refractivity contribution in [2.45, 2.75) is 149 Å². The van der Waals surface area contributed by atoms with Gasteiger partial charge in [0.15, 0.2) is 0 Å². The lowest BCUT2D eigenvalue weighted by Crippen LogP contribution is -1.98. The first-order valence-corrected chi connectivity index (χ1v) is 14.0. The minimum atomic E-state index is 1.16. The number of rotatable bonds is 21. The van der Waals surface area contributed by atoms with Crippen molar-refractivity contribution >= 4 is 5.57 Å². The van der Waals surface area contributed by atoms with Crippen LogP contribution in [0.4, 0.5) is 0 Å². The second-order valence-corrected chi connectivity index (χ2v) is 9.86. The van der Waals surface area contributed by atoms with Crippen molar-refractivity contribution in [3.63, 3.8) is 0 Å². The summed E-state index contributed by atoms with van der Waals surface area (Å²) >= 11 is 0. The van der Waals surface area contributed by atoms with Gasteiger partial charge in [-0.1, -0.05) is 141 Å². The van der Waals surface area contributed by atoms with Crippen LogP contribution < -0.4 is 0 Å². The van der Waals surface area contributed by atoms with Crippen molar-refractivity contribution in [3.8, 4) is 0 Å². The van der Waals surface area contributed by atoms with E-state index in [2.05, 4.69) is 45.5 Å². The summed E-state index contributed by atoms with van der Waals surface area (Å²) < 4.78 is 0. The van der Waals surface area contributed by atoms with E-state index < -0.39 is 0 Å². The molecular weight excluding hydrogens is 372 g/mol. The predicted octanol–water partition coefficient (Wildman–Crippen LogP) is 11.0. The van der Waals surface area contributed by atoms with Crippen LogP contribution in [0.25, 0.3) is 5.57 Å². The summed E-state index contributed by atoms with van der Waals surface area (Å²) in [5, 5.41) is 0. The third-order valence-corrected chi connectivity index (χ3v) is 6.90. The molecular formula is C31H54. The van der Waals surface area contributed by atoms with Crippen molar-refractivity contribution in [2.75, 3.05) is 0 Å². The van der Waals surface area contributed by atoms with Gasteiger partial charge >= 0.3 is 0 Å². The summed E-state index contributed by atoms with van der Waals surface area (Å²) in [5.74, 6) is 0. The minimum absolute atomic E-state index is 1.16. The molecule has 0 amide bonds. The van der Waals surface area contributed by atoms with Gasteiger partial charge in [-0.15, -0.1) is 0 Å². The number of hydrogen-bond acceptors (Lipinski definition) is 0. The molecule has 0 saturated heterocycles. The van der Waals surface area contributed by atoms with Crippen LogP contribution in [0.2, 0.25) is 0 Å². The van der Waals surface area contributed by atoms with Crippen molar-refractivity contribution in [2.24, 2.45) is 0 Å². The number of aryl methyl sites for hydroxylation is 1. The molecule has 0 fully saturated rings. The molecule has 0 aromatic heterocycles. The standard InChI is InChI=1S/C31H54/c1-5-7-9-11-12-13-14-15-16-17-18-19-20-22-26-30-29(4)25-23-27-31(30)28(3)24-21-10-8-6-2/h23,25,27H,3,5-22,24,26H2,1-2,4H3. The topological polar surface area (TPSA) is 0 Å². The molecule has 178 valence electrons. The smallest absolute Gasteiger partial charge is 0.0196 e. The van der Waals surface area contributed by atoms with Crippen LogP contribution in [0.5, 0.6) is 0 Å². The number of benzene rings is 1. The molecule has 0 aliphatic heterocycles. The van der Waals surface area contributed by atoms with Gasteiger partial charge in [0.1, 0.15) is 0 Å². The highest BCUT2D eigenvalue weighted by atomic mass is 14.1. The molecule has 0 N–H and O–H groups in total. The van der Waals surface area contributed by atoms with Crippen LogP contribution in [-0.4, -0.2) is 0 Å². The van der Waals surface area contributed by atoms with E-state index in [0.717, 1.165) is 6.42 Å². The van der Waals surface area contributed by atoms with E-state index in [4.69, 9.17) is 0 Å². The van der Waals surface area contributed by atoms with Crippen LogP contribution >= 0.6 is 0 Å². The van der Waals surface area contributed by atoms with Gasteiger partial charge < -0.3 is 0 Å². The lowest BCUT2D eigenvalue weighted by molar-refractivity contribution is 0.535. The van der Waals surface area contributed by atoms with Gasteiger partial charge in [-0.2, -0.15) is 0 Å². The molecule has 0 radical (unpaired) electrons. The first-order valence-electron chi connectivity index (χ1n) is 14.0. The second-order valence-electron chi connectivity index (χ2n) is 9.86. The van der Waals surface area contributed by atoms with Gasteiger partial charge in [0.25, 0.3) is 0 Å². The Morgan fingerprint density at radius 1 is 0.613 bits per heavy atom. The molecule has 1 rings (SSSR count). The monoisotopic (exact) mass is 426 g/mol. The van der Waals surface area contributed by atoms with Crippen LogP contribution in [0.1, 0.15) is 153 Å². The van der Waals surface area contributed by atoms with Gasteiger partial charge in [-0.3, -0.25) is 0 Å². The summed E-state index contributed by atoms with van der Waals surface area (Å²) in [5.41, 5.74) is 5.84. The Kier molecular flexibility index (Phi) is 17.7. The van der Waals surface area contributed by atoms with E-state index in [1.165, 1.54) is 139 Å². The molecule has 0 heteroatoms. The highest BCUT2D eigenvalue weighted by Crippen LogP contribution is 2.27. The van der Waals surface area contributed by atoms with E-state index >= 15 is 0 Å².